The van der Waals surface area contributed by atoms with Gasteiger partial charge in [0.1, 0.15) is 11.6 Å². The van der Waals surface area contributed by atoms with Gasteiger partial charge < -0.3 is 15.0 Å². The lowest BCUT2D eigenvalue weighted by atomic mass is 10.1. The van der Waals surface area contributed by atoms with Crippen molar-refractivity contribution >= 4 is 17.5 Å². The number of hydrogen-bond donors (Lipinski definition) is 1. The Morgan fingerprint density at radius 1 is 1.21 bits per heavy atom. The molecule has 1 unspecified atom stereocenters. The Morgan fingerprint density at radius 2 is 1.93 bits per heavy atom. The van der Waals surface area contributed by atoms with Crippen LogP contribution in [0.5, 0.6) is 5.75 Å². The van der Waals surface area contributed by atoms with Crippen molar-refractivity contribution in [2.75, 3.05) is 18.0 Å². The number of ether oxygens (including phenoxy) is 1. The number of carbonyl (C=O) groups excluding carboxylic acids is 2. The zero-order valence-corrected chi connectivity index (χ0v) is 16.2. The molecule has 1 atom stereocenters. The number of nitrogens with one attached hydrogen (secondary N) is 1. The van der Waals surface area contributed by atoms with Crippen molar-refractivity contribution in [3.05, 3.63) is 59.9 Å². The molecule has 0 radical (unpaired) electrons. The molecule has 2 amide bonds. The first-order valence-corrected chi connectivity index (χ1v) is 9.52. The molecular formula is C22H25FN2O3. The van der Waals surface area contributed by atoms with Crippen LogP contribution in [0.25, 0.3) is 0 Å². The Labute approximate surface area is 164 Å². The van der Waals surface area contributed by atoms with Gasteiger partial charge in [0, 0.05) is 19.5 Å². The van der Waals surface area contributed by atoms with Crippen LogP contribution in [0.2, 0.25) is 0 Å². The van der Waals surface area contributed by atoms with E-state index in [0.717, 1.165) is 5.56 Å². The minimum absolute atomic E-state index is 0.00980. The van der Waals surface area contributed by atoms with E-state index in [9.17, 15) is 14.0 Å². The first kappa shape index (κ1) is 19.9. The van der Waals surface area contributed by atoms with Crippen molar-refractivity contribution in [3.63, 3.8) is 0 Å². The zero-order chi connectivity index (χ0) is 20.1. The molecule has 5 nitrogen and oxygen atoms in total. The SMILES string of the molecule is CC(C)Oc1ccccc1N1CC(C(=O)NCCc2ccc(F)cc2)CC1=O. The van der Waals surface area contributed by atoms with Crippen molar-refractivity contribution in [1.29, 1.82) is 0 Å². The van der Waals surface area contributed by atoms with Crippen LogP contribution in [0.3, 0.4) is 0 Å². The number of hydrogen-bond acceptors (Lipinski definition) is 3. The van der Waals surface area contributed by atoms with Gasteiger partial charge in [-0.2, -0.15) is 0 Å². The fourth-order valence-electron chi connectivity index (χ4n) is 3.28. The summed E-state index contributed by atoms with van der Waals surface area (Å²) in [5.41, 5.74) is 1.65. The summed E-state index contributed by atoms with van der Waals surface area (Å²) in [6, 6.07) is 13.6. The topological polar surface area (TPSA) is 58.6 Å². The number of carbonyl (C=O) groups is 2. The van der Waals surface area contributed by atoms with Gasteiger partial charge in [-0.3, -0.25) is 9.59 Å². The number of benzene rings is 2. The fraction of sp³-hybridized carbons (Fsp3) is 0.364. The van der Waals surface area contributed by atoms with Crippen molar-refractivity contribution in [2.24, 2.45) is 5.92 Å². The van der Waals surface area contributed by atoms with Crippen LogP contribution in [0.15, 0.2) is 48.5 Å². The normalized spacial score (nSPS) is 16.5. The predicted molar refractivity (Wildman–Crippen MR) is 106 cm³/mol. The van der Waals surface area contributed by atoms with E-state index in [0.29, 0.717) is 30.9 Å². The van der Waals surface area contributed by atoms with E-state index in [1.165, 1.54) is 12.1 Å². The first-order chi connectivity index (χ1) is 13.4. The Hall–Kier alpha value is -2.89. The zero-order valence-electron chi connectivity index (χ0n) is 16.2. The minimum atomic E-state index is -0.396. The summed E-state index contributed by atoms with van der Waals surface area (Å²) in [5, 5.41) is 2.88. The lowest BCUT2D eigenvalue weighted by molar-refractivity contribution is -0.126. The Kier molecular flexibility index (Phi) is 6.29. The Balaban J connectivity index is 1.58. The average Bonchev–Trinajstić information content (AvgIpc) is 3.05. The van der Waals surface area contributed by atoms with E-state index in [4.69, 9.17) is 4.74 Å². The van der Waals surface area contributed by atoms with Gasteiger partial charge in [0.25, 0.3) is 0 Å². The number of halogens is 1. The molecular weight excluding hydrogens is 359 g/mol. The van der Waals surface area contributed by atoms with Gasteiger partial charge in [-0.25, -0.2) is 4.39 Å². The highest BCUT2D eigenvalue weighted by atomic mass is 19.1. The van der Waals surface area contributed by atoms with Crippen LogP contribution < -0.4 is 15.0 Å². The van der Waals surface area contributed by atoms with E-state index in [1.54, 1.807) is 17.0 Å². The number of nitrogens with zero attached hydrogens (tertiary/aromatic N) is 1. The fourth-order valence-corrected chi connectivity index (χ4v) is 3.28. The molecule has 1 aliphatic heterocycles. The van der Waals surface area contributed by atoms with Crippen LogP contribution in [-0.2, 0) is 16.0 Å². The molecule has 2 aromatic rings. The molecule has 1 heterocycles. The summed E-state index contributed by atoms with van der Waals surface area (Å²) in [4.78, 5) is 26.6. The third kappa shape index (κ3) is 4.88. The molecule has 0 aliphatic carbocycles. The molecule has 28 heavy (non-hydrogen) atoms. The van der Waals surface area contributed by atoms with Gasteiger partial charge in [0.2, 0.25) is 11.8 Å². The van der Waals surface area contributed by atoms with Crippen molar-refractivity contribution < 1.29 is 18.7 Å². The third-order valence-corrected chi connectivity index (χ3v) is 4.64. The lowest BCUT2D eigenvalue weighted by Crippen LogP contribution is -2.34. The highest BCUT2D eigenvalue weighted by molar-refractivity contribution is 6.01. The van der Waals surface area contributed by atoms with E-state index < -0.39 is 5.92 Å². The van der Waals surface area contributed by atoms with Crippen LogP contribution in [0.1, 0.15) is 25.8 Å². The number of amides is 2. The lowest BCUT2D eigenvalue weighted by Gasteiger charge is -2.21. The summed E-state index contributed by atoms with van der Waals surface area (Å²) in [6.45, 7) is 4.64. The Bertz CT molecular complexity index is 836. The largest absolute Gasteiger partial charge is 0.489 e. The first-order valence-electron chi connectivity index (χ1n) is 9.52. The molecule has 2 aromatic carbocycles. The molecule has 0 spiro atoms. The predicted octanol–water partition coefficient (Wildman–Crippen LogP) is 3.32. The third-order valence-electron chi connectivity index (χ3n) is 4.64. The second-order valence-electron chi connectivity index (χ2n) is 7.21. The molecule has 0 bridgehead atoms. The van der Waals surface area contributed by atoms with Gasteiger partial charge in [-0.1, -0.05) is 24.3 Å². The number of para-hydroxylation sites is 2. The molecule has 3 rings (SSSR count). The van der Waals surface area contributed by atoms with Gasteiger partial charge in [0.05, 0.1) is 17.7 Å². The molecule has 1 saturated heterocycles. The van der Waals surface area contributed by atoms with Gasteiger partial charge >= 0.3 is 0 Å². The van der Waals surface area contributed by atoms with Crippen molar-refractivity contribution in [1.82, 2.24) is 5.32 Å². The van der Waals surface area contributed by atoms with E-state index in [-0.39, 0.29) is 30.2 Å². The van der Waals surface area contributed by atoms with Gasteiger partial charge in [-0.05, 0) is 50.1 Å². The summed E-state index contributed by atoms with van der Waals surface area (Å²) in [6.07, 6.45) is 0.782. The molecule has 148 valence electrons. The summed E-state index contributed by atoms with van der Waals surface area (Å²) in [5.74, 6) is -0.256. The maximum absolute atomic E-state index is 12.9. The average molecular weight is 384 g/mol. The summed E-state index contributed by atoms with van der Waals surface area (Å²) < 4.78 is 18.7. The molecule has 1 aliphatic rings. The van der Waals surface area contributed by atoms with Crippen molar-refractivity contribution in [2.45, 2.75) is 32.8 Å². The maximum atomic E-state index is 12.9. The number of rotatable bonds is 7. The minimum Gasteiger partial charge on any atom is -0.489 e. The van der Waals surface area contributed by atoms with Gasteiger partial charge in [0.15, 0.2) is 0 Å². The molecule has 0 saturated carbocycles. The summed E-state index contributed by atoms with van der Waals surface area (Å²) >= 11 is 0. The van der Waals surface area contributed by atoms with Crippen LogP contribution in [-0.4, -0.2) is 31.0 Å². The monoisotopic (exact) mass is 384 g/mol. The second-order valence-corrected chi connectivity index (χ2v) is 7.21. The van der Waals surface area contributed by atoms with E-state index in [1.807, 2.05) is 38.1 Å². The van der Waals surface area contributed by atoms with Crippen LogP contribution in [0.4, 0.5) is 10.1 Å². The smallest absolute Gasteiger partial charge is 0.227 e. The van der Waals surface area contributed by atoms with Gasteiger partial charge in [-0.15, -0.1) is 0 Å². The highest BCUT2D eigenvalue weighted by Crippen LogP contribution is 2.33. The van der Waals surface area contributed by atoms with Crippen LogP contribution >= 0.6 is 0 Å². The number of anilines is 1. The van der Waals surface area contributed by atoms with E-state index in [2.05, 4.69) is 5.32 Å². The van der Waals surface area contributed by atoms with Crippen LogP contribution in [0, 0.1) is 11.7 Å². The standard InChI is InChI=1S/C22H25FN2O3/c1-15(2)28-20-6-4-3-5-19(20)25-14-17(13-21(25)26)22(27)24-12-11-16-7-9-18(23)10-8-16/h3-10,15,17H,11-14H2,1-2H3,(H,24,27). The highest BCUT2D eigenvalue weighted by Gasteiger charge is 2.36. The molecule has 6 heteroatoms. The molecule has 0 aromatic heterocycles. The maximum Gasteiger partial charge on any atom is 0.227 e. The summed E-state index contributed by atoms with van der Waals surface area (Å²) in [7, 11) is 0. The quantitative estimate of drug-likeness (QED) is 0.797. The Morgan fingerprint density at radius 3 is 2.64 bits per heavy atom. The van der Waals surface area contributed by atoms with E-state index >= 15 is 0 Å². The second kappa shape index (κ2) is 8.87. The molecule has 1 N–H and O–H groups in total. The molecule has 1 fully saturated rings. The van der Waals surface area contributed by atoms with Crippen molar-refractivity contribution in [3.8, 4) is 5.75 Å².